The third kappa shape index (κ3) is 2.46. The van der Waals surface area contributed by atoms with Crippen LogP contribution < -0.4 is 11.4 Å². The van der Waals surface area contributed by atoms with Gasteiger partial charge in [-0.2, -0.15) is 0 Å². The molecule has 0 bridgehead atoms. The summed E-state index contributed by atoms with van der Waals surface area (Å²) in [4.78, 5) is 16.9. The Labute approximate surface area is 133 Å². The molecule has 1 heterocycles. The molecule has 0 aliphatic rings. The number of nitrogen functional groups attached to an aromatic ring is 1. The summed E-state index contributed by atoms with van der Waals surface area (Å²) in [6.45, 7) is 2.14. The van der Waals surface area contributed by atoms with Crippen LogP contribution in [-0.2, 0) is 6.42 Å². The first-order valence-corrected chi connectivity index (χ1v) is 7.55. The zero-order chi connectivity index (χ0) is 15.7. The Morgan fingerprint density at radius 2 is 1.91 bits per heavy atom. The average Bonchev–Trinajstić information content (AvgIpc) is 2.53. The van der Waals surface area contributed by atoms with Crippen molar-refractivity contribution in [3.63, 3.8) is 0 Å². The van der Waals surface area contributed by atoms with Crippen LogP contribution in [0.25, 0.3) is 22.3 Å². The van der Waals surface area contributed by atoms with Crippen LogP contribution in [0.4, 0.5) is 0 Å². The monoisotopic (exact) mass is 313 g/mol. The van der Waals surface area contributed by atoms with Gasteiger partial charge in [-0.05, 0) is 24.1 Å². The number of aromatic nitrogens is 2. The lowest BCUT2D eigenvalue weighted by atomic mass is 10.1. The number of benzene rings is 2. The number of fused-ring (bicyclic) bond motifs is 1. The SMILES string of the molecule is CCCc1ccc(-c2nc3c(Cl)cccc3c(=O)n2N)cc1. The number of nitrogens with zero attached hydrogens (tertiary/aromatic N) is 2. The van der Waals surface area contributed by atoms with Crippen molar-refractivity contribution in [3.05, 3.63) is 63.4 Å². The van der Waals surface area contributed by atoms with E-state index in [0.717, 1.165) is 23.1 Å². The second-order valence-electron chi connectivity index (χ2n) is 5.19. The minimum Gasteiger partial charge on any atom is -0.334 e. The lowest BCUT2D eigenvalue weighted by molar-refractivity contribution is 0.916. The zero-order valence-corrected chi connectivity index (χ0v) is 13.0. The second-order valence-corrected chi connectivity index (χ2v) is 5.60. The number of nitrogens with two attached hydrogens (primary N) is 1. The molecule has 0 spiro atoms. The summed E-state index contributed by atoms with van der Waals surface area (Å²) in [5.41, 5.74) is 2.21. The van der Waals surface area contributed by atoms with Gasteiger partial charge < -0.3 is 5.84 Å². The molecule has 112 valence electrons. The highest BCUT2D eigenvalue weighted by molar-refractivity contribution is 6.35. The quantitative estimate of drug-likeness (QED) is 0.754. The van der Waals surface area contributed by atoms with E-state index >= 15 is 0 Å². The molecule has 0 atom stereocenters. The van der Waals surface area contributed by atoms with Crippen LogP contribution in [-0.4, -0.2) is 9.66 Å². The Morgan fingerprint density at radius 3 is 2.59 bits per heavy atom. The van der Waals surface area contributed by atoms with E-state index in [1.165, 1.54) is 5.56 Å². The number of hydrogen-bond donors (Lipinski definition) is 1. The summed E-state index contributed by atoms with van der Waals surface area (Å²) < 4.78 is 1.08. The maximum Gasteiger partial charge on any atom is 0.280 e. The topological polar surface area (TPSA) is 60.9 Å². The molecular formula is C17H16ClN3O. The fraction of sp³-hybridized carbons (Fsp3) is 0.176. The molecule has 2 aromatic carbocycles. The predicted molar refractivity (Wildman–Crippen MR) is 90.6 cm³/mol. The van der Waals surface area contributed by atoms with Crippen LogP contribution >= 0.6 is 11.6 Å². The van der Waals surface area contributed by atoms with Crippen LogP contribution in [0.5, 0.6) is 0 Å². The van der Waals surface area contributed by atoms with Gasteiger partial charge in [-0.3, -0.25) is 4.79 Å². The van der Waals surface area contributed by atoms with E-state index in [-0.39, 0.29) is 5.56 Å². The molecule has 0 radical (unpaired) electrons. The van der Waals surface area contributed by atoms with Crippen LogP contribution in [0.2, 0.25) is 5.02 Å². The summed E-state index contributed by atoms with van der Waals surface area (Å²) in [5, 5.41) is 0.861. The molecule has 4 nitrogen and oxygen atoms in total. The molecule has 0 fully saturated rings. The highest BCUT2D eigenvalue weighted by Crippen LogP contribution is 2.23. The molecule has 0 saturated carbocycles. The van der Waals surface area contributed by atoms with Crippen LogP contribution in [0.15, 0.2) is 47.3 Å². The van der Waals surface area contributed by atoms with Gasteiger partial charge >= 0.3 is 0 Å². The third-order valence-electron chi connectivity index (χ3n) is 3.63. The van der Waals surface area contributed by atoms with E-state index in [9.17, 15) is 4.79 Å². The highest BCUT2D eigenvalue weighted by atomic mass is 35.5. The molecule has 0 unspecified atom stereocenters. The summed E-state index contributed by atoms with van der Waals surface area (Å²) in [6, 6.07) is 13.0. The fourth-order valence-electron chi connectivity index (χ4n) is 2.50. The Morgan fingerprint density at radius 1 is 1.18 bits per heavy atom. The van der Waals surface area contributed by atoms with Crippen molar-refractivity contribution in [3.8, 4) is 11.4 Å². The molecule has 5 heteroatoms. The van der Waals surface area contributed by atoms with Crippen molar-refractivity contribution in [2.75, 3.05) is 5.84 Å². The smallest absolute Gasteiger partial charge is 0.280 e. The standard InChI is InChI=1S/C17H16ClN3O/c1-2-4-11-7-9-12(10-8-11)16-20-15-13(17(22)21(16)19)5-3-6-14(15)18/h3,5-10H,2,4,19H2,1H3. The number of rotatable bonds is 3. The largest absolute Gasteiger partial charge is 0.334 e. The molecule has 22 heavy (non-hydrogen) atoms. The maximum absolute atomic E-state index is 12.4. The first kappa shape index (κ1) is 14.6. The van der Waals surface area contributed by atoms with Gasteiger partial charge in [0.15, 0.2) is 5.82 Å². The van der Waals surface area contributed by atoms with Crippen LogP contribution in [0.3, 0.4) is 0 Å². The molecular weight excluding hydrogens is 298 g/mol. The van der Waals surface area contributed by atoms with Crippen molar-refractivity contribution in [1.29, 1.82) is 0 Å². The predicted octanol–water partition coefficient (Wildman–Crippen LogP) is 3.38. The highest BCUT2D eigenvalue weighted by Gasteiger charge is 2.12. The second kappa shape index (κ2) is 5.81. The van der Waals surface area contributed by atoms with Gasteiger partial charge in [-0.25, -0.2) is 9.66 Å². The number of para-hydroxylation sites is 1. The minimum atomic E-state index is -0.305. The lowest BCUT2D eigenvalue weighted by Crippen LogP contribution is -2.29. The van der Waals surface area contributed by atoms with Gasteiger partial charge in [0.25, 0.3) is 5.56 Å². The Bertz CT molecular complexity index is 885. The van der Waals surface area contributed by atoms with Gasteiger partial charge in [0.1, 0.15) is 0 Å². The first-order valence-electron chi connectivity index (χ1n) is 7.17. The summed E-state index contributed by atoms with van der Waals surface area (Å²) >= 11 is 6.16. The van der Waals surface area contributed by atoms with E-state index in [1.807, 2.05) is 24.3 Å². The lowest BCUT2D eigenvalue weighted by Gasteiger charge is -2.10. The minimum absolute atomic E-state index is 0.305. The molecule has 0 aliphatic heterocycles. The molecule has 3 aromatic rings. The van der Waals surface area contributed by atoms with Crippen LogP contribution in [0.1, 0.15) is 18.9 Å². The Hall–Kier alpha value is -2.33. The van der Waals surface area contributed by atoms with E-state index in [4.69, 9.17) is 17.4 Å². The van der Waals surface area contributed by atoms with E-state index in [0.29, 0.717) is 21.7 Å². The Balaban J connectivity index is 2.20. The summed E-state index contributed by atoms with van der Waals surface area (Å²) in [5.74, 6) is 6.34. The molecule has 2 N–H and O–H groups in total. The molecule has 1 aromatic heterocycles. The van der Waals surface area contributed by atoms with Gasteiger partial charge in [0.05, 0.1) is 15.9 Å². The summed E-state index contributed by atoms with van der Waals surface area (Å²) in [6.07, 6.45) is 2.11. The van der Waals surface area contributed by atoms with Gasteiger partial charge in [0.2, 0.25) is 0 Å². The molecule has 0 saturated heterocycles. The molecule has 0 amide bonds. The van der Waals surface area contributed by atoms with Gasteiger partial charge in [-0.1, -0.05) is 55.3 Å². The summed E-state index contributed by atoms with van der Waals surface area (Å²) in [7, 11) is 0. The fourth-order valence-corrected chi connectivity index (χ4v) is 2.72. The van der Waals surface area contributed by atoms with Gasteiger partial charge in [0, 0.05) is 5.56 Å². The van der Waals surface area contributed by atoms with Crippen molar-refractivity contribution >= 4 is 22.5 Å². The van der Waals surface area contributed by atoms with Crippen molar-refractivity contribution in [2.45, 2.75) is 19.8 Å². The van der Waals surface area contributed by atoms with E-state index in [1.54, 1.807) is 18.2 Å². The zero-order valence-electron chi connectivity index (χ0n) is 12.2. The maximum atomic E-state index is 12.4. The van der Waals surface area contributed by atoms with Gasteiger partial charge in [-0.15, -0.1) is 0 Å². The number of aryl methyl sites for hydroxylation is 1. The first-order chi connectivity index (χ1) is 10.6. The number of hydrogen-bond acceptors (Lipinski definition) is 3. The van der Waals surface area contributed by atoms with E-state index < -0.39 is 0 Å². The molecule has 3 rings (SSSR count). The van der Waals surface area contributed by atoms with Crippen molar-refractivity contribution in [2.24, 2.45) is 0 Å². The van der Waals surface area contributed by atoms with Crippen LogP contribution in [0, 0.1) is 0 Å². The average molecular weight is 314 g/mol. The Kier molecular flexibility index (Phi) is 3.86. The third-order valence-corrected chi connectivity index (χ3v) is 3.94. The molecule has 0 aliphatic carbocycles. The normalized spacial score (nSPS) is 11.0. The van der Waals surface area contributed by atoms with E-state index in [2.05, 4.69) is 11.9 Å². The number of halogens is 1. The van der Waals surface area contributed by atoms with Crippen molar-refractivity contribution < 1.29 is 0 Å². The van der Waals surface area contributed by atoms with Crippen molar-refractivity contribution in [1.82, 2.24) is 9.66 Å².